The number of aromatic nitrogens is 3. The van der Waals surface area contributed by atoms with E-state index in [0.717, 1.165) is 36.5 Å². The summed E-state index contributed by atoms with van der Waals surface area (Å²) in [6.45, 7) is 4.21. The third-order valence-corrected chi connectivity index (χ3v) is 4.96. The second kappa shape index (κ2) is 7.15. The highest BCUT2D eigenvalue weighted by Gasteiger charge is 2.27. The zero-order chi connectivity index (χ0) is 17.9. The monoisotopic (exact) mass is 349 g/mol. The first kappa shape index (κ1) is 16.6. The summed E-state index contributed by atoms with van der Waals surface area (Å²) in [5, 5.41) is 11.6. The second-order valence-electron chi connectivity index (χ2n) is 6.92. The molecular formula is C20H23N5O. The zero-order valence-electron chi connectivity index (χ0n) is 14.9. The molecular weight excluding hydrogens is 326 g/mol. The maximum absolute atomic E-state index is 12.6. The Morgan fingerprint density at radius 1 is 1.19 bits per heavy atom. The fraction of sp³-hybridized carbons (Fsp3) is 0.350. The molecule has 6 heteroatoms. The topological polar surface area (TPSA) is 62.5 Å². The fourth-order valence-corrected chi connectivity index (χ4v) is 3.46. The van der Waals surface area contributed by atoms with Crippen molar-refractivity contribution in [3.63, 3.8) is 0 Å². The number of fused-ring (bicyclic) bond motifs is 1. The molecule has 0 bridgehead atoms. The van der Waals surface area contributed by atoms with E-state index < -0.39 is 0 Å². The average molecular weight is 349 g/mol. The van der Waals surface area contributed by atoms with Crippen LogP contribution in [0, 0.1) is 12.8 Å². The van der Waals surface area contributed by atoms with Crippen molar-refractivity contribution >= 4 is 17.5 Å². The van der Waals surface area contributed by atoms with E-state index in [1.165, 1.54) is 5.56 Å². The second-order valence-corrected chi connectivity index (χ2v) is 6.92. The Labute approximate surface area is 152 Å². The van der Waals surface area contributed by atoms with Crippen molar-refractivity contribution in [2.75, 3.05) is 18.0 Å². The number of hydrogen-bond acceptors (Lipinski definition) is 4. The standard InChI is InChI=1S/C20H23N5O/c1-15-7-9-16(10-8-15)13-21-19(26)17-5-4-11-24(14-17)20-23-22-18-6-2-3-12-25(18)20/h2-3,6-10,12,17H,4-5,11,13-14H2,1H3,(H,21,26). The Morgan fingerprint density at radius 2 is 2.04 bits per heavy atom. The van der Waals surface area contributed by atoms with Crippen LogP contribution in [0.15, 0.2) is 48.7 Å². The quantitative estimate of drug-likeness (QED) is 0.786. The third kappa shape index (κ3) is 3.40. The molecule has 0 saturated carbocycles. The molecule has 1 unspecified atom stereocenters. The van der Waals surface area contributed by atoms with Crippen molar-refractivity contribution in [2.24, 2.45) is 5.92 Å². The van der Waals surface area contributed by atoms with Gasteiger partial charge in [0, 0.05) is 25.8 Å². The van der Waals surface area contributed by atoms with Gasteiger partial charge in [0.05, 0.1) is 5.92 Å². The van der Waals surface area contributed by atoms with Crippen molar-refractivity contribution < 1.29 is 4.79 Å². The normalized spacial score (nSPS) is 17.4. The number of nitrogens with one attached hydrogen (secondary N) is 1. The fourth-order valence-electron chi connectivity index (χ4n) is 3.46. The molecule has 1 aliphatic rings. The lowest BCUT2D eigenvalue weighted by molar-refractivity contribution is -0.125. The van der Waals surface area contributed by atoms with Crippen molar-refractivity contribution in [2.45, 2.75) is 26.3 Å². The molecule has 6 nitrogen and oxygen atoms in total. The van der Waals surface area contributed by atoms with E-state index in [0.29, 0.717) is 13.1 Å². The van der Waals surface area contributed by atoms with Crippen LogP contribution in [0.4, 0.5) is 5.95 Å². The Morgan fingerprint density at radius 3 is 2.88 bits per heavy atom. The highest BCUT2D eigenvalue weighted by Crippen LogP contribution is 2.22. The lowest BCUT2D eigenvalue weighted by Gasteiger charge is -2.32. The summed E-state index contributed by atoms with van der Waals surface area (Å²) in [5.74, 6) is 0.908. The smallest absolute Gasteiger partial charge is 0.231 e. The highest BCUT2D eigenvalue weighted by molar-refractivity contribution is 5.79. The van der Waals surface area contributed by atoms with Crippen LogP contribution in [-0.2, 0) is 11.3 Å². The van der Waals surface area contributed by atoms with Gasteiger partial charge in [-0.1, -0.05) is 35.9 Å². The number of benzene rings is 1. The molecule has 3 heterocycles. The number of rotatable bonds is 4. The van der Waals surface area contributed by atoms with E-state index in [1.807, 2.05) is 28.8 Å². The number of nitrogens with zero attached hydrogens (tertiary/aromatic N) is 4. The summed E-state index contributed by atoms with van der Waals surface area (Å²) in [5.41, 5.74) is 3.18. The maximum atomic E-state index is 12.6. The summed E-state index contributed by atoms with van der Waals surface area (Å²) >= 11 is 0. The van der Waals surface area contributed by atoms with Crippen LogP contribution in [-0.4, -0.2) is 33.6 Å². The first-order valence-electron chi connectivity index (χ1n) is 9.09. The predicted molar refractivity (Wildman–Crippen MR) is 101 cm³/mol. The minimum atomic E-state index is -0.0229. The van der Waals surface area contributed by atoms with Crippen LogP contribution >= 0.6 is 0 Å². The Bertz CT molecular complexity index is 902. The van der Waals surface area contributed by atoms with Crippen LogP contribution in [0.25, 0.3) is 5.65 Å². The van der Waals surface area contributed by atoms with Gasteiger partial charge in [-0.05, 0) is 37.5 Å². The Hall–Kier alpha value is -2.89. The van der Waals surface area contributed by atoms with Crippen LogP contribution in [0.1, 0.15) is 24.0 Å². The Balaban J connectivity index is 1.41. The van der Waals surface area contributed by atoms with Crippen LogP contribution in [0.5, 0.6) is 0 Å². The predicted octanol–water partition coefficient (Wildman–Crippen LogP) is 2.57. The van der Waals surface area contributed by atoms with Crippen LogP contribution in [0.2, 0.25) is 0 Å². The van der Waals surface area contributed by atoms with Gasteiger partial charge < -0.3 is 10.2 Å². The molecule has 1 amide bonds. The third-order valence-electron chi connectivity index (χ3n) is 4.96. The Kier molecular flexibility index (Phi) is 4.56. The number of carbonyl (C=O) groups is 1. The number of piperidine rings is 1. The molecule has 1 aliphatic heterocycles. The molecule has 0 radical (unpaired) electrons. The van der Waals surface area contributed by atoms with E-state index in [2.05, 4.69) is 51.6 Å². The van der Waals surface area contributed by atoms with E-state index >= 15 is 0 Å². The summed E-state index contributed by atoms with van der Waals surface area (Å²) in [6.07, 6.45) is 3.85. The number of amides is 1. The lowest BCUT2D eigenvalue weighted by Crippen LogP contribution is -2.43. The van der Waals surface area contributed by atoms with E-state index in [-0.39, 0.29) is 11.8 Å². The van der Waals surface area contributed by atoms with Crippen LogP contribution < -0.4 is 10.2 Å². The molecule has 26 heavy (non-hydrogen) atoms. The molecule has 0 aliphatic carbocycles. The van der Waals surface area contributed by atoms with Crippen molar-refractivity contribution in [3.8, 4) is 0 Å². The van der Waals surface area contributed by atoms with Gasteiger partial charge in [0.1, 0.15) is 0 Å². The minimum absolute atomic E-state index is 0.0229. The van der Waals surface area contributed by atoms with Gasteiger partial charge in [0.25, 0.3) is 0 Å². The van der Waals surface area contributed by atoms with Gasteiger partial charge in [-0.3, -0.25) is 9.20 Å². The largest absolute Gasteiger partial charge is 0.352 e. The maximum Gasteiger partial charge on any atom is 0.231 e. The summed E-state index contributed by atoms with van der Waals surface area (Å²) < 4.78 is 1.98. The summed E-state index contributed by atoms with van der Waals surface area (Å²) in [6, 6.07) is 14.1. The number of pyridine rings is 1. The number of anilines is 1. The van der Waals surface area contributed by atoms with Crippen molar-refractivity contribution in [3.05, 3.63) is 59.8 Å². The van der Waals surface area contributed by atoms with Gasteiger partial charge >= 0.3 is 0 Å². The van der Waals surface area contributed by atoms with Crippen LogP contribution in [0.3, 0.4) is 0 Å². The average Bonchev–Trinajstić information content (AvgIpc) is 3.11. The van der Waals surface area contributed by atoms with Crippen molar-refractivity contribution in [1.82, 2.24) is 19.9 Å². The summed E-state index contributed by atoms with van der Waals surface area (Å²) in [4.78, 5) is 14.8. The van der Waals surface area contributed by atoms with Gasteiger partial charge in [-0.2, -0.15) is 0 Å². The molecule has 2 aromatic heterocycles. The van der Waals surface area contributed by atoms with Gasteiger partial charge in [0.2, 0.25) is 11.9 Å². The molecule has 1 N–H and O–H groups in total. The SMILES string of the molecule is Cc1ccc(CNC(=O)C2CCCN(c3nnc4ccccn34)C2)cc1. The van der Waals surface area contributed by atoms with Gasteiger partial charge in [-0.15, -0.1) is 10.2 Å². The highest BCUT2D eigenvalue weighted by atomic mass is 16.1. The molecule has 1 saturated heterocycles. The van der Waals surface area contributed by atoms with Crippen molar-refractivity contribution in [1.29, 1.82) is 0 Å². The molecule has 1 aromatic carbocycles. The molecule has 0 spiro atoms. The molecule has 3 aromatic rings. The van der Waals surface area contributed by atoms with E-state index in [9.17, 15) is 4.79 Å². The van der Waals surface area contributed by atoms with Gasteiger partial charge in [0.15, 0.2) is 5.65 Å². The summed E-state index contributed by atoms with van der Waals surface area (Å²) in [7, 11) is 0. The molecule has 134 valence electrons. The zero-order valence-corrected chi connectivity index (χ0v) is 14.9. The number of aryl methyl sites for hydroxylation is 1. The molecule has 1 atom stereocenters. The first-order chi connectivity index (χ1) is 12.7. The number of hydrogen-bond donors (Lipinski definition) is 1. The van der Waals surface area contributed by atoms with E-state index in [1.54, 1.807) is 0 Å². The van der Waals surface area contributed by atoms with Gasteiger partial charge in [-0.25, -0.2) is 0 Å². The first-order valence-corrected chi connectivity index (χ1v) is 9.09. The molecule has 4 rings (SSSR count). The minimum Gasteiger partial charge on any atom is -0.352 e. The lowest BCUT2D eigenvalue weighted by atomic mass is 9.97. The molecule has 1 fully saturated rings. The number of carbonyl (C=O) groups excluding carboxylic acids is 1. The van der Waals surface area contributed by atoms with E-state index in [4.69, 9.17) is 0 Å².